The smallest absolute Gasteiger partial charge is 0.149 e. The molecule has 1 aliphatic carbocycles. The number of allylic oxidation sites excluding steroid dienone is 1. The van der Waals surface area contributed by atoms with Gasteiger partial charge < -0.3 is 20.9 Å². The lowest BCUT2D eigenvalue weighted by Crippen LogP contribution is -2.44. The van der Waals surface area contributed by atoms with Gasteiger partial charge in [-0.15, -0.1) is 0 Å². The fourth-order valence-corrected chi connectivity index (χ4v) is 5.35. The molecule has 0 saturated heterocycles. The lowest BCUT2D eigenvalue weighted by atomic mass is 9.79. The molecule has 7 nitrogen and oxygen atoms in total. The second kappa shape index (κ2) is 8.71. The molecule has 1 atom stereocenters. The van der Waals surface area contributed by atoms with Crippen molar-refractivity contribution in [1.82, 2.24) is 20.7 Å². The Morgan fingerprint density at radius 3 is 2.74 bits per heavy atom. The van der Waals surface area contributed by atoms with Gasteiger partial charge >= 0.3 is 0 Å². The van der Waals surface area contributed by atoms with Gasteiger partial charge in [0.2, 0.25) is 0 Å². The van der Waals surface area contributed by atoms with Gasteiger partial charge in [-0.05, 0) is 64.5 Å². The molecular weight excluding hydrogens is 448 g/mol. The lowest BCUT2D eigenvalue weighted by molar-refractivity contribution is -0.0629. The van der Waals surface area contributed by atoms with Crippen molar-refractivity contribution in [3.63, 3.8) is 0 Å². The number of nitrogens with two attached hydrogens (primary N) is 1. The Bertz CT molecular complexity index is 1200. The minimum absolute atomic E-state index is 0.116. The Morgan fingerprint density at radius 2 is 2.03 bits per heavy atom. The van der Waals surface area contributed by atoms with Crippen molar-refractivity contribution in [2.45, 2.75) is 58.2 Å². The number of benzene rings is 1. The van der Waals surface area contributed by atoms with Crippen molar-refractivity contribution in [2.24, 2.45) is 22.6 Å². The molecule has 5 N–H and O–H groups in total. The average Bonchev–Trinajstić information content (AvgIpc) is 3.40. The SMILES string of the molecule is C=C(NOC(C)(C)C)C1CCC(C2NC(c3cc4cccc(Cl)c4[nH]3)=C3C(N)=NC=CN32)CC1. The molecule has 3 heterocycles. The van der Waals surface area contributed by atoms with Crippen LogP contribution in [0.4, 0.5) is 0 Å². The second-order valence-electron chi connectivity index (χ2n) is 10.4. The third kappa shape index (κ3) is 4.30. The van der Waals surface area contributed by atoms with Gasteiger partial charge in [0.25, 0.3) is 0 Å². The quantitative estimate of drug-likeness (QED) is 0.441. The fraction of sp³-hybridized carbons (Fsp3) is 0.423. The maximum Gasteiger partial charge on any atom is 0.149 e. The number of amidine groups is 1. The first-order valence-electron chi connectivity index (χ1n) is 11.9. The van der Waals surface area contributed by atoms with Crippen LogP contribution in [0.15, 0.2) is 59.6 Å². The number of halogens is 1. The number of hydrogen-bond acceptors (Lipinski definition) is 6. The first kappa shape index (κ1) is 22.9. The van der Waals surface area contributed by atoms with Crippen LogP contribution in [-0.4, -0.2) is 27.5 Å². The van der Waals surface area contributed by atoms with E-state index in [1.807, 2.05) is 39.1 Å². The molecule has 1 saturated carbocycles. The Balaban J connectivity index is 1.33. The van der Waals surface area contributed by atoms with E-state index in [9.17, 15) is 0 Å². The predicted octanol–water partition coefficient (Wildman–Crippen LogP) is 5.20. The summed E-state index contributed by atoms with van der Waals surface area (Å²) in [6.45, 7) is 10.3. The summed E-state index contributed by atoms with van der Waals surface area (Å²) in [6, 6.07) is 8.03. The molecule has 34 heavy (non-hydrogen) atoms. The van der Waals surface area contributed by atoms with E-state index >= 15 is 0 Å². The highest BCUT2D eigenvalue weighted by Crippen LogP contribution is 2.40. The molecule has 0 radical (unpaired) electrons. The molecule has 8 heteroatoms. The predicted molar refractivity (Wildman–Crippen MR) is 138 cm³/mol. The van der Waals surface area contributed by atoms with Crippen LogP contribution in [0, 0.1) is 11.8 Å². The topological polar surface area (TPSA) is 90.7 Å². The van der Waals surface area contributed by atoms with Crippen LogP contribution in [0.2, 0.25) is 5.02 Å². The van der Waals surface area contributed by atoms with Crippen LogP contribution in [0.1, 0.15) is 52.1 Å². The van der Waals surface area contributed by atoms with E-state index in [1.165, 1.54) is 0 Å². The van der Waals surface area contributed by atoms with Crippen molar-refractivity contribution in [3.8, 4) is 0 Å². The van der Waals surface area contributed by atoms with E-state index < -0.39 is 0 Å². The Morgan fingerprint density at radius 1 is 1.26 bits per heavy atom. The van der Waals surface area contributed by atoms with Gasteiger partial charge in [-0.25, -0.2) is 4.99 Å². The monoisotopic (exact) mass is 480 g/mol. The Hall–Kier alpha value is -2.90. The normalized spacial score (nSPS) is 24.8. The van der Waals surface area contributed by atoms with E-state index in [2.05, 4.69) is 44.4 Å². The number of hydroxylamine groups is 1. The van der Waals surface area contributed by atoms with Crippen LogP contribution in [-0.2, 0) is 4.84 Å². The zero-order chi connectivity index (χ0) is 24.0. The minimum Gasteiger partial charge on any atom is -0.382 e. The summed E-state index contributed by atoms with van der Waals surface area (Å²) < 4.78 is 0. The molecule has 2 aliphatic heterocycles. The Labute approximate surface area is 205 Å². The first-order valence-corrected chi connectivity index (χ1v) is 12.3. The highest BCUT2D eigenvalue weighted by molar-refractivity contribution is 6.35. The number of aromatic amines is 1. The molecule has 180 valence electrons. The highest BCUT2D eigenvalue weighted by Gasteiger charge is 2.40. The highest BCUT2D eigenvalue weighted by atomic mass is 35.5. The third-order valence-electron chi connectivity index (χ3n) is 6.84. The van der Waals surface area contributed by atoms with Crippen LogP contribution in [0.3, 0.4) is 0 Å². The van der Waals surface area contributed by atoms with Gasteiger partial charge in [-0.1, -0.05) is 30.3 Å². The molecule has 0 spiro atoms. The summed E-state index contributed by atoms with van der Waals surface area (Å²) >= 11 is 6.42. The molecule has 1 aromatic carbocycles. The second-order valence-corrected chi connectivity index (χ2v) is 10.8. The average molecular weight is 481 g/mol. The number of nitrogens with one attached hydrogen (secondary N) is 3. The van der Waals surface area contributed by atoms with E-state index in [0.29, 0.717) is 22.7 Å². The van der Waals surface area contributed by atoms with E-state index in [4.69, 9.17) is 22.2 Å². The van der Waals surface area contributed by atoms with Crippen molar-refractivity contribution in [2.75, 3.05) is 0 Å². The van der Waals surface area contributed by atoms with Gasteiger partial charge in [0.05, 0.1) is 27.5 Å². The fourth-order valence-electron chi connectivity index (χ4n) is 5.12. The summed E-state index contributed by atoms with van der Waals surface area (Å²) in [5.74, 6) is 1.39. The summed E-state index contributed by atoms with van der Waals surface area (Å²) in [7, 11) is 0. The molecule has 0 bridgehead atoms. The van der Waals surface area contributed by atoms with Gasteiger partial charge in [-0.3, -0.25) is 10.3 Å². The standard InChI is InChI=1S/C26H33ClN6O/c1-15(32-34-26(2,3)4)16-8-10-17(11-9-16)25-31-22(23-24(28)29-12-13-33(23)25)20-14-18-6-5-7-19(27)21(18)30-20/h5-7,12-14,16-17,25,30-32H,1,8-11H2,2-4H3,(H2,28,29). The zero-order valence-electron chi connectivity index (χ0n) is 20.0. The molecule has 0 amide bonds. The molecule has 1 aromatic heterocycles. The number of aromatic nitrogens is 1. The summed E-state index contributed by atoms with van der Waals surface area (Å²) in [4.78, 5) is 15.8. The number of aliphatic imine (C=N–C) groups is 1. The maximum absolute atomic E-state index is 6.42. The van der Waals surface area contributed by atoms with Crippen molar-refractivity contribution >= 4 is 34.0 Å². The van der Waals surface area contributed by atoms with Gasteiger partial charge in [0.1, 0.15) is 17.7 Å². The van der Waals surface area contributed by atoms with Crippen LogP contribution in [0.5, 0.6) is 0 Å². The van der Waals surface area contributed by atoms with Crippen molar-refractivity contribution < 1.29 is 4.84 Å². The molecule has 1 fully saturated rings. The molecule has 5 rings (SSSR count). The number of hydrogen-bond donors (Lipinski definition) is 4. The molecule has 1 unspecified atom stereocenters. The number of fused-ring (bicyclic) bond motifs is 2. The van der Waals surface area contributed by atoms with Crippen LogP contribution >= 0.6 is 11.6 Å². The summed E-state index contributed by atoms with van der Waals surface area (Å²) in [6.07, 6.45) is 8.21. The van der Waals surface area contributed by atoms with Crippen molar-refractivity contribution in [3.05, 3.63) is 65.4 Å². The van der Waals surface area contributed by atoms with Gasteiger partial charge in [-0.2, -0.15) is 0 Å². The van der Waals surface area contributed by atoms with Crippen LogP contribution in [0.25, 0.3) is 16.6 Å². The maximum atomic E-state index is 6.42. The third-order valence-corrected chi connectivity index (χ3v) is 7.16. The molecule has 3 aliphatic rings. The van der Waals surface area contributed by atoms with E-state index in [1.54, 1.807) is 6.20 Å². The molecule has 2 aromatic rings. The zero-order valence-corrected chi connectivity index (χ0v) is 20.7. The number of nitrogens with zero attached hydrogens (tertiary/aromatic N) is 2. The largest absolute Gasteiger partial charge is 0.382 e. The van der Waals surface area contributed by atoms with E-state index in [0.717, 1.165) is 59.4 Å². The number of para-hydroxylation sites is 1. The number of rotatable bonds is 5. The summed E-state index contributed by atoms with van der Waals surface area (Å²) in [5.41, 5.74) is 14.0. The van der Waals surface area contributed by atoms with E-state index in [-0.39, 0.29) is 11.8 Å². The van der Waals surface area contributed by atoms with Gasteiger partial charge in [0, 0.05) is 29.4 Å². The summed E-state index contributed by atoms with van der Waals surface area (Å²) in [5, 5.41) is 5.55. The van der Waals surface area contributed by atoms with Gasteiger partial charge in [0.15, 0.2) is 0 Å². The van der Waals surface area contributed by atoms with Crippen molar-refractivity contribution in [1.29, 1.82) is 0 Å². The minimum atomic E-state index is -0.249. The van der Waals surface area contributed by atoms with Crippen LogP contribution < -0.4 is 16.5 Å². The molecular formula is C26H33ClN6O. The Kier molecular flexibility index (Phi) is 5.86. The lowest BCUT2D eigenvalue weighted by Gasteiger charge is -2.38. The number of H-pyrrole nitrogens is 1. The first-order chi connectivity index (χ1) is 16.2.